The molecule has 0 radical (unpaired) electrons. The molecule has 3 aromatic rings. The van der Waals surface area contributed by atoms with Gasteiger partial charge in [-0.2, -0.15) is 0 Å². The van der Waals surface area contributed by atoms with Gasteiger partial charge in [0.1, 0.15) is 11.8 Å². The molecule has 0 fully saturated rings. The quantitative estimate of drug-likeness (QED) is 0.678. The minimum atomic E-state index is -0.840. The zero-order valence-corrected chi connectivity index (χ0v) is 17.6. The number of carbonyl (C=O) groups is 2. The molecule has 2 unspecified atom stereocenters. The highest BCUT2D eigenvalue weighted by molar-refractivity contribution is 5.99. The Kier molecular flexibility index (Phi) is 5.98. The number of fused-ring (bicyclic) bond motifs is 1. The number of ether oxygens (including phenoxy) is 1. The van der Waals surface area contributed by atoms with Crippen molar-refractivity contribution in [2.45, 2.75) is 32.5 Å². The minimum Gasteiger partial charge on any atom is -0.480 e. The predicted molar refractivity (Wildman–Crippen MR) is 118 cm³/mol. The van der Waals surface area contributed by atoms with Gasteiger partial charge in [0, 0.05) is 30.2 Å². The van der Waals surface area contributed by atoms with Crippen LogP contribution in [0.2, 0.25) is 0 Å². The molecule has 1 aliphatic rings. The number of anilines is 1. The summed E-state index contributed by atoms with van der Waals surface area (Å²) in [5.41, 5.74) is 2.18. The maximum atomic E-state index is 13.6. The van der Waals surface area contributed by atoms with Crippen LogP contribution < -0.4 is 10.1 Å². The molecule has 1 N–H and O–H groups in total. The van der Waals surface area contributed by atoms with E-state index in [1.165, 1.54) is 0 Å². The Morgan fingerprint density at radius 2 is 1.81 bits per heavy atom. The standard InChI is InChI=1S/C25H25N3O3/c1-17(2)23-25(30)28(16-18-9-8-14-26-15-18)22(20-12-6-7-13-21(20)31-23)24(29)27-19-10-4-3-5-11-19/h3-15,17,22-23H,16H2,1-2H3,(H,27,29). The summed E-state index contributed by atoms with van der Waals surface area (Å²) >= 11 is 0. The second kappa shape index (κ2) is 9.00. The van der Waals surface area contributed by atoms with Crippen molar-refractivity contribution in [3.05, 3.63) is 90.3 Å². The van der Waals surface area contributed by atoms with Crippen molar-refractivity contribution in [1.82, 2.24) is 9.88 Å². The summed E-state index contributed by atoms with van der Waals surface area (Å²) < 4.78 is 6.14. The first kappa shape index (κ1) is 20.6. The molecule has 2 amide bonds. The monoisotopic (exact) mass is 415 g/mol. The van der Waals surface area contributed by atoms with E-state index < -0.39 is 12.1 Å². The van der Waals surface area contributed by atoms with E-state index >= 15 is 0 Å². The molecule has 0 spiro atoms. The third kappa shape index (κ3) is 4.43. The Morgan fingerprint density at radius 3 is 2.52 bits per heavy atom. The van der Waals surface area contributed by atoms with Crippen LogP contribution in [0, 0.1) is 5.92 Å². The Morgan fingerprint density at radius 1 is 1.06 bits per heavy atom. The number of carbonyl (C=O) groups excluding carboxylic acids is 2. The van der Waals surface area contributed by atoms with E-state index in [0.717, 1.165) is 5.56 Å². The zero-order valence-electron chi connectivity index (χ0n) is 17.6. The molecule has 2 heterocycles. The lowest BCUT2D eigenvalue weighted by atomic mass is 10.0. The maximum absolute atomic E-state index is 13.6. The summed E-state index contributed by atoms with van der Waals surface area (Å²) in [7, 11) is 0. The molecule has 4 rings (SSSR count). The van der Waals surface area contributed by atoms with Crippen LogP contribution >= 0.6 is 0 Å². The van der Waals surface area contributed by atoms with Crippen LogP contribution in [0.15, 0.2) is 79.1 Å². The topological polar surface area (TPSA) is 71.5 Å². The van der Waals surface area contributed by atoms with E-state index in [1.807, 2.05) is 80.6 Å². The summed E-state index contributed by atoms with van der Waals surface area (Å²) in [6, 6.07) is 19.5. The first-order valence-corrected chi connectivity index (χ1v) is 10.4. The highest BCUT2D eigenvalue weighted by Crippen LogP contribution is 2.37. The number of benzene rings is 2. The minimum absolute atomic E-state index is 0.0621. The average molecular weight is 415 g/mol. The van der Waals surface area contributed by atoms with Crippen LogP contribution in [-0.4, -0.2) is 27.8 Å². The summed E-state index contributed by atoms with van der Waals surface area (Å²) in [4.78, 5) is 32.9. The normalized spacial score (nSPS) is 18.2. The first-order valence-electron chi connectivity index (χ1n) is 10.4. The van der Waals surface area contributed by atoms with Gasteiger partial charge in [-0.05, 0) is 35.7 Å². The molecule has 6 heteroatoms. The molecular formula is C25H25N3O3. The molecule has 1 aliphatic heterocycles. The van der Waals surface area contributed by atoms with Gasteiger partial charge in [0.25, 0.3) is 11.8 Å². The van der Waals surface area contributed by atoms with Crippen molar-refractivity contribution >= 4 is 17.5 Å². The summed E-state index contributed by atoms with van der Waals surface area (Å²) in [5.74, 6) is -0.0171. The fraction of sp³-hybridized carbons (Fsp3) is 0.240. The van der Waals surface area contributed by atoms with Gasteiger partial charge in [-0.25, -0.2) is 0 Å². The van der Waals surface area contributed by atoms with Crippen molar-refractivity contribution in [3.8, 4) is 5.75 Å². The Hall–Kier alpha value is -3.67. The Bertz CT molecular complexity index is 1050. The number of pyridine rings is 1. The molecule has 2 aromatic carbocycles. The van der Waals surface area contributed by atoms with Gasteiger partial charge in [0.2, 0.25) is 0 Å². The predicted octanol–water partition coefficient (Wildman–Crippen LogP) is 4.21. The number of nitrogens with zero attached hydrogens (tertiary/aromatic N) is 2. The van der Waals surface area contributed by atoms with Crippen LogP contribution in [0.5, 0.6) is 5.75 Å². The van der Waals surface area contributed by atoms with E-state index in [2.05, 4.69) is 10.3 Å². The van der Waals surface area contributed by atoms with Crippen LogP contribution in [0.25, 0.3) is 0 Å². The summed E-state index contributed by atoms with van der Waals surface area (Å²) in [6.45, 7) is 4.13. The van der Waals surface area contributed by atoms with Crippen LogP contribution in [0.4, 0.5) is 5.69 Å². The number of hydrogen-bond acceptors (Lipinski definition) is 4. The van der Waals surface area contributed by atoms with Crippen molar-refractivity contribution < 1.29 is 14.3 Å². The molecule has 158 valence electrons. The largest absolute Gasteiger partial charge is 0.480 e. The smallest absolute Gasteiger partial charge is 0.265 e. The molecule has 0 saturated heterocycles. The lowest BCUT2D eigenvalue weighted by Crippen LogP contribution is -2.46. The Balaban J connectivity index is 1.79. The second-order valence-electron chi connectivity index (χ2n) is 7.91. The van der Waals surface area contributed by atoms with E-state index in [-0.39, 0.29) is 24.3 Å². The fourth-order valence-electron chi connectivity index (χ4n) is 3.75. The third-order valence-corrected chi connectivity index (χ3v) is 5.28. The van der Waals surface area contributed by atoms with Gasteiger partial charge < -0.3 is 15.0 Å². The van der Waals surface area contributed by atoms with Crippen molar-refractivity contribution in [3.63, 3.8) is 0 Å². The second-order valence-corrected chi connectivity index (χ2v) is 7.91. The lowest BCUT2D eigenvalue weighted by Gasteiger charge is -2.31. The van der Waals surface area contributed by atoms with Gasteiger partial charge >= 0.3 is 0 Å². The molecule has 0 bridgehead atoms. The first-order chi connectivity index (χ1) is 15.0. The van der Waals surface area contributed by atoms with Gasteiger partial charge in [-0.15, -0.1) is 0 Å². The molecule has 2 atom stereocenters. The van der Waals surface area contributed by atoms with E-state index in [0.29, 0.717) is 17.0 Å². The van der Waals surface area contributed by atoms with Crippen LogP contribution in [-0.2, 0) is 16.1 Å². The zero-order chi connectivity index (χ0) is 21.8. The highest BCUT2D eigenvalue weighted by Gasteiger charge is 2.41. The number of aromatic nitrogens is 1. The van der Waals surface area contributed by atoms with Gasteiger partial charge in [-0.1, -0.05) is 56.3 Å². The maximum Gasteiger partial charge on any atom is 0.265 e. The van der Waals surface area contributed by atoms with E-state index in [4.69, 9.17) is 4.74 Å². The number of amides is 2. The van der Waals surface area contributed by atoms with Gasteiger partial charge in [0.15, 0.2) is 6.10 Å². The van der Waals surface area contributed by atoms with Gasteiger partial charge in [-0.3, -0.25) is 14.6 Å². The van der Waals surface area contributed by atoms with Crippen molar-refractivity contribution in [2.24, 2.45) is 5.92 Å². The molecule has 6 nitrogen and oxygen atoms in total. The van der Waals surface area contributed by atoms with E-state index in [9.17, 15) is 9.59 Å². The number of rotatable bonds is 5. The number of para-hydroxylation sites is 2. The number of hydrogen-bond donors (Lipinski definition) is 1. The van der Waals surface area contributed by atoms with Crippen molar-refractivity contribution in [1.29, 1.82) is 0 Å². The average Bonchev–Trinajstić information content (AvgIpc) is 2.90. The van der Waals surface area contributed by atoms with Crippen LogP contribution in [0.1, 0.15) is 31.0 Å². The highest BCUT2D eigenvalue weighted by atomic mass is 16.5. The number of nitrogens with one attached hydrogen (secondary N) is 1. The fourth-order valence-corrected chi connectivity index (χ4v) is 3.75. The summed E-state index contributed by atoms with van der Waals surface area (Å²) in [6.07, 6.45) is 2.71. The van der Waals surface area contributed by atoms with Gasteiger partial charge in [0.05, 0.1) is 0 Å². The van der Waals surface area contributed by atoms with Crippen molar-refractivity contribution in [2.75, 3.05) is 5.32 Å². The summed E-state index contributed by atoms with van der Waals surface area (Å²) in [5, 5.41) is 2.96. The SMILES string of the molecule is CC(C)C1Oc2ccccc2C(C(=O)Nc2ccccc2)N(Cc2cccnc2)C1=O. The van der Waals surface area contributed by atoms with E-state index in [1.54, 1.807) is 17.3 Å². The molecule has 0 aliphatic carbocycles. The Labute approximate surface area is 181 Å². The molecule has 31 heavy (non-hydrogen) atoms. The molecular weight excluding hydrogens is 390 g/mol. The molecule has 0 saturated carbocycles. The lowest BCUT2D eigenvalue weighted by molar-refractivity contribution is -0.146. The third-order valence-electron chi connectivity index (χ3n) is 5.28. The van der Waals surface area contributed by atoms with Crippen LogP contribution in [0.3, 0.4) is 0 Å². The molecule has 1 aromatic heterocycles.